The highest BCUT2D eigenvalue weighted by atomic mass is 16.5. The predicted molar refractivity (Wildman–Crippen MR) is 68.2 cm³/mol. The van der Waals surface area contributed by atoms with Gasteiger partial charge in [0.2, 0.25) is 5.89 Å². The van der Waals surface area contributed by atoms with Crippen LogP contribution in [-0.2, 0) is 12.8 Å². The van der Waals surface area contributed by atoms with E-state index in [0.29, 0.717) is 12.3 Å². The lowest BCUT2D eigenvalue weighted by Gasteiger charge is -1.95. The summed E-state index contributed by atoms with van der Waals surface area (Å²) in [6.07, 6.45) is 4.31. The molecular weight excluding hydrogens is 228 g/mol. The number of aliphatic hydroxyl groups is 1. The lowest BCUT2D eigenvalue weighted by molar-refractivity contribution is 0.281. The number of aliphatic hydroxyl groups excluding tert-OH is 1. The molecule has 0 fully saturated rings. The summed E-state index contributed by atoms with van der Waals surface area (Å²) >= 11 is 0. The first-order valence-electron chi connectivity index (χ1n) is 6.35. The molecule has 0 saturated carbocycles. The van der Waals surface area contributed by atoms with Gasteiger partial charge in [-0.15, -0.1) is 0 Å². The average molecular weight is 246 g/mol. The topological polar surface area (TPSA) is 59.2 Å². The Morgan fingerprint density at radius 3 is 2.67 bits per heavy atom. The molecule has 4 heteroatoms. The van der Waals surface area contributed by atoms with Crippen LogP contribution in [0.5, 0.6) is 0 Å². The lowest BCUT2D eigenvalue weighted by Crippen LogP contribution is -1.92. The fourth-order valence-corrected chi connectivity index (χ4v) is 1.81. The molecule has 0 radical (unpaired) electrons. The van der Waals surface area contributed by atoms with Crippen molar-refractivity contribution in [3.8, 4) is 0 Å². The van der Waals surface area contributed by atoms with Gasteiger partial charge < -0.3 is 9.63 Å². The van der Waals surface area contributed by atoms with E-state index < -0.39 is 0 Å². The molecule has 0 saturated heterocycles. The van der Waals surface area contributed by atoms with E-state index in [1.54, 1.807) is 0 Å². The van der Waals surface area contributed by atoms with E-state index in [9.17, 15) is 0 Å². The molecule has 1 heterocycles. The molecule has 0 bridgehead atoms. The third-order valence-electron chi connectivity index (χ3n) is 2.76. The van der Waals surface area contributed by atoms with Gasteiger partial charge in [0, 0.05) is 19.4 Å². The van der Waals surface area contributed by atoms with Gasteiger partial charge >= 0.3 is 0 Å². The molecule has 2 rings (SSSR count). The fraction of sp³-hybridized carbons (Fsp3) is 0.429. The zero-order valence-electron chi connectivity index (χ0n) is 10.4. The Balaban J connectivity index is 1.83. The lowest BCUT2D eigenvalue weighted by atomic mass is 10.1. The van der Waals surface area contributed by atoms with Crippen molar-refractivity contribution in [2.75, 3.05) is 6.61 Å². The fourth-order valence-electron chi connectivity index (χ4n) is 1.81. The molecule has 0 spiro atoms. The van der Waals surface area contributed by atoms with Gasteiger partial charge in [0.15, 0.2) is 5.82 Å². The maximum absolute atomic E-state index is 8.68. The number of nitrogens with zero attached hydrogens (tertiary/aromatic N) is 2. The van der Waals surface area contributed by atoms with Crippen LogP contribution in [-0.4, -0.2) is 21.9 Å². The molecule has 2 aromatic rings. The highest BCUT2D eigenvalue weighted by Crippen LogP contribution is 2.08. The molecule has 96 valence electrons. The molecular formula is C14H18N2O2. The second-order valence-electron chi connectivity index (χ2n) is 4.30. The summed E-state index contributed by atoms with van der Waals surface area (Å²) in [6, 6.07) is 10.1. The van der Waals surface area contributed by atoms with Crippen molar-refractivity contribution in [3.05, 3.63) is 47.6 Å². The molecule has 0 atom stereocenters. The minimum absolute atomic E-state index is 0.253. The third-order valence-corrected chi connectivity index (χ3v) is 2.76. The van der Waals surface area contributed by atoms with E-state index in [2.05, 4.69) is 22.3 Å². The van der Waals surface area contributed by atoms with E-state index in [-0.39, 0.29) is 6.61 Å². The van der Waals surface area contributed by atoms with Crippen molar-refractivity contribution in [1.82, 2.24) is 10.1 Å². The number of rotatable bonds is 7. The average Bonchev–Trinajstić information content (AvgIpc) is 2.84. The van der Waals surface area contributed by atoms with Crippen LogP contribution in [0.1, 0.15) is 36.5 Å². The normalized spacial score (nSPS) is 10.7. The molecule has 1 N–H and O–H groups in total. The van der Waals surface area contributed by atoms with Crippen LogP contribution in [0.3, 0.4) is 0 Å². The standard InChI is InChI=1S/C14H18N2O2/c17-10-6-2-5-9-14-15-13(16-18-14)11-12-7-3-1-4-8-12/h1,3-4,7-8,17H,2,5-6,9-11H2. The highest BCUT2D eigenvalue weighted by Gasteiger charge is 2.06. The van der Waals surface area contributed by atoms with Gasteiger partial charge in [0.1, 0.15) is 0 Å². The number of unbranched alkanes of at least 4 members (excludes halogenated alkanes) is 2. The van der Waals surface area contributed by atoms with Crippen molar-refractivity contribution in [1.29, 1.82) is 0 Å². The van der Waals surface area contributed by atoms with Gasteiger partial charge in [0.25, 0.3) is 0 Å². The number of hydrogen-bond acceptors (Lipinski definition) is 4. The summed E-state index contributed by atoms with van der Waals surface area (Å²) in [6.45, 7) is 0.253. The number of hydrogen-bond donors (Lipinski definition) is 1. The minimum Gasteiger partial charge on any atom is -0.396 e. The van der Waals surface area contributed by atoms with Gasteiger partial charge in [-0.05, 0) is 18.4 Å². The van der Waals surface area contributed by atoms with Crippen molar-refractivity contribution in [2.45, 2.75) is 32.1 Å². The predicted octanol–water partition coefficient (Wildman–Crippen LogP) is 2.37. The third kappa shape index (κ3) is 3.96. The molecule has 0 aliphatic rings. The zero-order chi connectivity index (χ0) is 12.6. The minimum atomic E-state index is 0.253. The first kappa shape index (κ1) is 12.8. The van der Waals surface area contributed by atoms with E-state index in [1.165, 1.54) is 5.56 Å². The zero-order valence-corrected chi connectivity index (χ0v) is 10.4. The van der Waals surface area contributed by atoms with Crippen LogP contribution in [0.25, 0.3) is 0 Å². The van der Waals surface area contributed by atoms with Gasteiger partial charge in [0.05, 0.1) is 0 Å². The van der Waals surface area contributed by atoms with Crippen LogP contribution in [0.4, 0.5) is 0 Å². The molecule has 0 amide bonds. The Labute approximate surface area is 107 Å². The van der Waals surface area contributed by atoms with Crippen LogP contribution < -0.4 is 0 Å². The van der Waals surface area contributed by atoms with E-state index >= 15 is 0 Å². The molecule has 0 aliphatic carbocycles. The van der Waals surface area contributed by atoms with Crippen molar-refractivity contribution in [3.63, 3.8) is 0 Å². The Kier molecular flexibility index (Phi) is 4.90. The largest absolute Gasteiger partial charge is 0.396 e. The molecule has 1 aromatic carbocycles. The molecule has 0 unspecified atom stereocenters. The van der Waals surface area contributed by atoms with E-state index in [1.807, 2.05) is 18.2 Å². The Morgan fingerprint density at radius 2 is 1.89 bits per heavy atom. The van der Waals surface area contributed by atoms with Gasteiger partial charge in [-0.3, -0.25) is 0 Å². The van der Waals surface area contributed by atoms with Gasteiger partial charge in [-0.25, -0.2) is 0 Å². The Hall–Kier alpha value is -1.68. The summed E-state index contributed by atoms with van der Waals surface area (Å²) < 4.78 is 5.19. The van der Waals surface area contributed by atoms with Crippen molar-refractivity contribution >= 4 is 0 Å². The molecule has 18 heavy (non-hydrogen) atoms. The Morgan fingerprint density at radius 1 is 1.06 bits per heavy atom. The molecule has 0 aliphatic heterocycles. The first-order chi connectivity index (χ1) is 8.88. The van der Waals surface area contributed by atoms with E-state index in [4.69, 9.17) is 9.63 Å². The Bertz CT molecular complexity index is 454. The van der Waals surface area contributed by atoms with Crippen LogP contribution >= 0.6 is 0 Å². The smallest absolute Gasteiger partial charge is 0.226 e. The number of aromatic nitrogens is 2. The number of aryl methyl sites for hydroxylation is 1. The second-order valence-corrected chi connectivity index (χ2v) is 4.30. The summed E-state index contributed by atoms with van der Waals surface area (Å²) in [7, 11) is 0. The van der Waals surface area contributed by atoms with Crippen LogP contribution in [0, 0.1) is 0 Å². The summed E-state index contributed by atoms with van der Waals surface area (Å²) in [5.41, 5.74) is 1.19. The highest BCUT2D eigenvalue weighted by molar-refractivity contribution is 5.18. The number of benzene rings is 1. The van der Waals surface area contributed by atoms with Crippen LogP contribution in [0.2, 0.25) is 0 Å². The van der Waals surface area contributed by atoms with Crippen LogP contribution in [0.15, 0.2) is 34.9 Å². The SMILES string of the molecule is OCCCCCc1nc(Cc2ccccc2)no1. The van der Waals surface area contributed by atoms with Gasteiger partial charge in [-0.2, -0.15) is 4.98 Å². The summed E-state index contributed by atoms with van der Waals surface area (Å²) in [5.74, 6) is 1.43. The first-order valence-corrected chi connectivity index (χ1v) is 6.35. The summed E-state index contributed by atoms with van der Waals surface area (Å²) in [5, 5.41) is 12.7. The monoisotopic (exact) mass is 246 g/mol. The maximum Gasteiger partial charge on any atom is 0.226 e. The molecule has 4 nitrogen and oxygen atoms in total. The quantitative estimate of drug-likeness (QED) is 0.762. The maximum atomic E-state index is 8.68. The summed E-state index contributed by atoms with van der Waals surface area (Å²) in [4.78, 5) is 4.36. The van der Waals surface area contributed by atoms with Crippen molar-refractivity contribution in [2.24, 2.45) is 0 Å². The second kappa shape index (κ2) is 6.91. The molecule has 1 aromatic heterocycles. The van der Waals surface area contributed by atoms with Gasteiger partial charge in [-0.1, -0.05) is 41.9 Å². The van der Waals surface area contributed by atoms with E-state index in [0.717, 1.165) is 31.5 Å². The van der Waals surface area contributed by atoms with Crippen molar-refractivity contribution < 1.29 is 9.63 Å².